The normalized spacial score (nSPS) is 10.6. The first-order valence-corrected chi connectivity index (χ1v) is 11.7. The first-order chi connectivity index (χ1) is 17.0. The van der Waals surface area contributed by atoms with Crippen LogP contribution in [0.5, 0.6) is 17.2 Å². The summed E-state index contributed by atoms with van der Waals surface area (Å²) in [5, 5.41) is 3.98. The van der Waals surface area contributed by atoms with Crippen molar-refractivity contribution in [3.05, 3.63) is 101 Å². The van der Waals surface area contributed by atoms with Crippen LogP contribution < -0.4 is 19.6 Å². The van der Waals surface area contributed by atoms with E-state index in [2.05, 4.69) is 33.0 Å². The average Bonchev–Trinajstić information content (AvgIpc) is 2.86. The number of halogens is 1. The molecule has 35 heavy (non-hydrogen) atoms. The molecule has 0 aliphatic heterocycles. The van der Waals surface area contributed by atoms with Crippen molar-refractivity contribution in [3.8, 4) is 17.2 Å². The maximum atomic E-state index is 12.6. The molecular weight excluding hydrogens is 512 g/mol. The van der Waals surface area contributed by atoms with E-state index in [9.17, 15) is 9.59 Å². The molecule has 0 saturated carbocycles. The highest BCUT2D eigenvalue weighted by Crippen LogP contribution is 2.23. The number of nitrogens with one attached hydrogen (secondary N) is 1. The summed E-state index contributed by atoms with van der Waals surface area (Å²) in [6, 6.07) is 19.2. The number of esters is 1. The highest BCUT2D eigenvalue weighted by Gasteiger charge is 2.12. The predicted octanol–water partition coefficient (Wildman–Crippen LogP) is 5.32. The van der Waals surface area contributed by atoms with E-state index in [1.165, 1.54) is 6.21 Å². The van der Waals surface area contributed by atoms with Gasteiger partial charge in [0, 0.05) is 10.0 Å². The Morgan fingerprint density at radius 3 is 2.54 bits per heavy atom. The van der Waals surface area contributed by atoms with E-state index in [1.807, 2.05) is 25.1 Å². The van der Waals surface area contributed by atoms with Gasteiger partial charge in [0.2, 0.25) is 0 Å². The zero-order chi connectivity index (χ0) is 25.0. The number of carbonyl (C=O) groups excluding carboxylic acids is 2. The number of hydrazone groups is 1. The third kappa shape index (κ3) is 7.82. The van der Waals surface area contributed by atoms with Crippen LogP contribution in [0.25, 0.3) is 0 Å². The molecule has 3 rings (SSSR count). The molecule has 0 aliphatic carbocycles. The molecule has 7 nitrogen and oxygen atoms in total. The van der Waals surface area contributed by atoms with Crippen molar-refractivity contribution in [3.63, 3.8) is 0 Å². The Morgan fingerprint density at radius 2 is 1.80 bits per heavy atom. The average molecular weight is 537 g/mol. The number of amides is 1. The summed E-state index contributed by atoms with van der Waals surface area (Å²) in [5.41, 5.74) is 4.23. The summed E-state index contributed by atoms with van der Waals surface area (Å²) in [5.74, 6) is 0.615. The Bertz CT molecular complexity index is 1210. The van der Waals surface area contributed by atoms with Gasteiger partial charge in [-0.3, -0.25) is 4.79 Å². The predicted molar refractivity (Wildman–Crippen MR) is 138 cm³/mol. The number of allylic oxidation sites excluding steroid dienone is 1. The number of carbonyl (C=O) groups is 2. The van der Waals surface area contributed by atoms with Crippen molar-refractivity contribution in [1.29, 1.82) is 0 Å². The highest BCUT2D eigenvalue weighted by molar-refractivity contribution is 9.10. The standard InChI is InChI=1S/C27H25BrN2O5/c1-3-7-19-8-5-6-9-24(19)34-18-26(31)30-29-17-21-16-22(28)12-15-25(21)35-27(32)20-10-13-23(14-11-20)33-4-2/h3,5-6,8-17H,1,4,7,18H2,2H3,(H,30,31)/b29-17-. The second-order valence-corrected chi connectivity index (χ2v) is 8.13. The molecule has 3 aromatic carbocycles. The van der Waals surface area contributed by atoms with Crippen LogP contribution >= 0.6 is 15.9 Å². The van der Waals surface area contributed by atoms with Crippen LogP contribution in [-0.2, 0) is 11.2 Å². The van der Waals surface area contributed by atoms with Crippen LogP contribution in [-0.4, -0.2) is 31.3 Å². The van der Waals surface area contributed by atoms with E-state index >= 15 is 0 Å². The minimum Gasteiger partial charge on any atom is -0.494 e. The van der Waals surface area contributed by atoms with E-state index in [0.717, 1.165) is 10.0 Å². The number of ether oxygens (including phenoxy) is 3. The summed E-state index contributed by atoms with van der Waals surface area (Å²) < 4.78 is 17.3. The molecule has 0 spiro atoms. The molecule has 0 aliphatic rings. The molecule has 0 atom stereocenters. The molecule has 0 bridgehead atoms. The van der Waals surface area contributed by atoms with Gasteiger partial charge < -0.3 is 14.2 Å². The molecule has 0 saturated heterocycles. The molecule has 0 unspecified atom stereocenters. The van der Waals surface area contributed by atoms with E-state index in [-0.39, 0.29) is 6.61 Å². The molecule has 0 aromatic heterocycles. The van der Waals surface area contributed by atoms with Gasteiger partial charge in [0.15, 0.2) is 6.61 Å². The second kappa shape index (κ2) is 13.1. The molecule has 8 heteroatoms. The maximum Gasteiger partial charge on any atom is 0.343 e. The third-order valence-electron chi connectivity index (χ3n) is 4.66. The smallest absolute Gasteiger partial charge is 0.343 e. The summed E-state index contributed by atoms with van der Waals surface area (Å²) in [6.07, 6.45) is 3.80. The van der Waals surface area contributed by atoms with Crippen LogP contribution in [0.3, 0.4) is 0 Å². The highest BCUT2D eigenvalue weighted by atomic mass is 79.9. The van der Waals surface area contributed by atoms with Crippen molar-refractivity contribution in [1.82, 2.24) is 5.43 Å². The number of hydrogen-bond donors (Lipinski definition) is 1. The van der Waals surface area contributed by atoms with Gasteiger partial charge in [-0.05, 0) is 67.4 Å². The SMILES string of the molecule is C=CCc1ccccc1OCC(=O)N/N=C\c1cc(Br)ccc1OC(=O)c1ccc(OCC)cc1. The van der Waals surface area contributed by atoms with Gasteiger partial charge >= 0.3 is 5.97 Å². The van der Waals surface area contributed by atoms with Crippen molar-refractivity contribution in [2.24, 2.45) is 5.10 Å². The van der Waals surface area contributed by atoms with Crippen LogP contribution in [0, 0.1) is 0 Å². The first-order valence-electron chi connectivity index (χ1n) is 10.9. The molecule has 0 radical (unpaired) electrons. The molecule has 180 valence electrons. The second-order valence-electron chi connectivity index (χ2n) is 7.21. The van der Waals surface area contributed by atoms with E-state index < -0.39 is 11.9 Å². The van der Waals surface area contributed by atoms with Crippen LogP contribution in [0.1, 0.15) is 28.4 Å². The van der Waals surface area contributed by atoms with Gasteiger partial charge in [-0.15, -0.1) is 6.58 Å². The Morgan fingerprint density at radius 1 is 1.03 bits per heavy atom. The Balaban J connectivity index is 1.61. The number of nitrogens with zero attached hydrogens (tertiary/aromatic N) is 1. The van der Waals surface area contributed by atoms with Gasteiger partial charge in [-0.2, -0.15) is 5.10 Å². The summed E-state index contributed by atoms with van der Waals surface area (Å²) in [6.45, 7) is 5.95. The molecule has 0 heterocycles. The maximum absolute atomic E-state index is 12.6. The monoisotopic (exact) mass is 536 g/mol. The zero-order valence-electron chi connectivity index (χ0n) is 19.2. The first kappa shape index (κ1) is 25.7. The Hall–Kier alpha value is -3.91. The van der Waals surface area contributed by atoms with Gasteiger partial charge in [-0.1, -0.05) is 40.2 Å². The van der Waals surface area contributed by atoms with Crippen molar-refractivity contribution in [2.75, 3.05) is 13.2 Å². The fourth-order valence-corrected chi connectivity index (χ4v) is 3.42. The lowest BCUT2D eigenvalue weighted by Gasteiger charge is -2.10. The molecule has 3 aromatic rings. The number of hydrogen-bond acceptors (Lipinski definition) is 6. The number of rotatable bonds is 11. The quantitative estimate of drug-likeness (QED) is 0.118. The van der Waals surface area contributed by atoms with E-state index in [4.69, 9.17) is 14.2 Å². The van der Waals surface area contributed by atoms with Gasteiger partial charge in [-0.25, -0.2) is 10.2 Å². The largest absolute Gasteiger partial charge is 0.494 e. The lowest BCUT2D eigenvalue weighted by Crippen LogP contribution is -2.24. The van der Waals surface area contributed by atoms with Crippen molar-refractivity contribution < 1.29 is 23.8 Å². The summed E-state index contributed by atoms with van der Waals surface area (Å²) >= 11 is 3.39. The third-order valence-corrected chi connectivity index (χ3v) is 5.16. The summed E-state index contributed by atoms with van der Waals surface area (Å²) in [7, 11) is 0. The number of benzene rings is 3. The van der Waals surface area contributed by atoms with E-state index in [0.29, 0.717) is 41.4 Å². The lowest BCUT2D eigenvalue weighted by molar-refractivity contribution is -0.123. The van der Waals surface area contributed by atoms with Crippen LogP contribution in [0.2, 0.25) is 0 Å². The fourth-order valence-electron chi connectivity index (χ4n) is 3.04. The van der Waals surface area contributed by atoms with E-state index in [1.54, 1.807) is 54.6 Å². The minimum absolute atomic E-state index is 0.205. The molecule has 0 fully saturated rings. The summed E-state index contributed by atoms with van der Waals surface area (Å²) in [4.78, 5) is 24.8. The van der Waals surface area contributed by atoms with Gasteiger partial charge in [0.1, 0.15) is 17.2 Å². The van der Waals surface area contributed by atoms with Crippen molar-refractivity contribution >= 4 is 34.0 Å². The fraction of sp³-hybridized carbons (Fsp3) is 0.148. The Kier molecular flexibility index (Phi) is 9.62. The van der Waals surface area contributed by atoms with Gasteiger partial charge in [0.25, 0.3) is 5.91 Å². The molecular formula is C27H25BrN2O5. The van der Waals surface area contributed by atoms with Crippen LogP contribution in [0.15, 0.2) is 89.0 Å². The van der Waals surface area contributed by atoms with Crippen LogP contribution in [0.4, 0.5) is 0 Å². The molecule has 1 N–H and O–H groups in total. The topological polar surface area (TPSA) is 86.2 Å². The number of para-hydroxylation sites is 1. The molecule has 1 amide bonds. The van der Waals surface area contributed by atoms with Gasteiger partial charge in [0.05, 0.1) is 18.4 Å². The van der Waals surface area contributed by atoms with Crippen molar-refractivity contribution in [2.45, 2.75) is 13.3 Å². The minimum atomic E-state index is -0.527. The Labute approximate surface area is 212 Å². The zero-order valence-corrected chi connectivity index (χ0v) is 20.8. The lowest BCUT2D eigenvalue weighted by atomic mass is 10.1.